The smallest absolute Gasteiger partial charge is 0.270 e. The molecule has 2 N–H and O–H groups in total. The Morgan fingerprint density at radius 1 is 1.26 bits per heavy atom. The normalized spacial score (nSPS) is 16.2. The Morgan fingerprint density at radius 3 is 2.83 bits per heavy atom. The zero-order valence-electron chi connectivity index (χ0n) is 13.2. The Kier molecular flexibility index (Phi) is 5.82. The summed E-state index contributed by atoms with van der Waals surface area (Å²) in [5.74, 6) is -0.112. The molecule has 1 amide bonds. The van der Waals surface area contributed by atoms with Crippen LogP contribution in [0.25, 0.3) is 10.6 Å². The van der Waals surface area contributed by atoms with Gasteiger partial charge in [-0.05, 0) is 18.9 Å². The van der Waals surface area contributed by atoms with E-state index in [1.54, 1.807) is 17.9 Å². The number of furan rings is 1. The molecule has 2 heterocycles. The van der Waals surface area contributed by atoms with E-state index in [9.17, 15) is 4.79 Å². The second-order valence-corrected chi connectivity index (χ2v) is 6.81. The van der Waals surface area contributed by atoms with Crippen LogP contribution in [0.4, 0.5) is 0 Å². The average Bonchev–Trinajstić information content (AvgIpc) is 3.19. The first-order chi connectivity index (χ1) is 11.3. The third kappa shape index (κ3) is 4.65. The van der Waals surface area contributed by atoms with Gasteiger partial charge in [0.05, 0.1) is 6.26 Å². The largest absolute Gasteiger partial charge is 0.472 e. The van der Waals surface area contributed by atoms with E-state index in [-0.39, 0.29) is 5.91 Å². The van der Waals surface area contributed by atoms with Crippen LogP contribution >= 0.6 is 11.3 Å². The van der Waals surface area contributed by atoms with Crippen molar-refractivity contribution in [1.82, 2.24) is 15.6 Å². The summed E-state index contributed by atoms with van der Waals surface area (Å²) >= 11 is 1.45. The number of thiazole rings is 1. The lowest BCUT2D eigenvalue weighted by Gasteiger charge is -2.16. The number of nitrogens with one attached hydrogen (secondary N) is 2. The van der Waals surface area contributed by atoms with E-state index in [4.69, 9.17) is 4.42 Å². The summed E-state index contributed by atoms with van der Waals surface area (Å²) in [5.41, 5.74) is 1.38. The molecule has 0 saturated heterocycles. The predicted molar refractivity (Wildman–Crippen MR) is 91.6 cm³/mol. The summed E-state index contributed by atoms with van der Waals surface area (Å²) in [6.45, 7) is 1.45. The average molecular weight is 333 g/mol. The maximum Gasteiger partial charge on any atom is 0.270 e. The molecule has 3 rings (SSSR count). The maximum atomic E-state index is 12.1. The van der Waals surface area contributed by atoms with Crippen LogP contribution in [0.3, 0.4) is 0 Å². The predicted octanol–water partition coefficient (Wildman–Crippen LogP) is 3.45. The van der Waals surface area contributed by atoms with E-state index in [1.807, 2.05) is 6.07 Å². The molecule has 1 aliphatic carbocycles. The number of hydrogen-bond acceptors (Lipinski definition) is 5. The number of nitrogens with zero attached hydrogens (tertiary/aromatic N) is 1. The fourth-order valence-corrected chi connectivity index (χ4v) is 3.71. The van der Waals surface area contributed by atoms with Gasteiger partial charge in [0, 0.05) is 30.1 Å². The molecule has 0 atom stereocenters. The van der Waals surface area contributed by atoms with Gasteiger partial charge in [0.1, 0.15) is 17.0 Å². The van der Waals surface area contributed by atoms with Crippen LogP contribution in [0.1, 0.15) is 49.0 Å². The lowest BCUT2D eigenvalue weighted by atomic mass is 10.1. The first-order valence-electron chi connectivity index (χ1n) is 8.32. The highest BCUT2D eigenvalue weighted by Crippen LogP contribution is 2.23. The Hall–Kier alpha value is -1.66. The van der Waals surface area contributed by atoms with Crippen LogP contribution in [0.2, 0.25) is 0 Å². The maximum absolute atomic E-state index is 12.1. The van der Waals surface area contributed by atoms with Crippen molar-refractivity contribution in [2.75, 3.05) is 13.1 Å². The summed E-state index contributed by atoms with van der Waals surface area (Å²) < 4.78 is 5.04. The van der Waals surface area contributed by atoms with Crippen molar-refractivity contribution in [3.05, 3.63) is 29.7 Å². The van der Waals surface area contributed by atoms with Gasteiger partial charge in [0.15, 0.2) is 0 Å². The Bertz CT molecular complexity index is 601. The standard InChI is InChI=1S/C17H23N3O2S/c21-16(15-12-23-17(20-15)13-7-10-22-11-13)19-9-8-18-14-5-3-1-2-4-6-14/h7,10-12,14,18H,1-6,8-9H2,(H,19,21). The van der Waals surface area contributed by atoms with Crippen LogP contribution in [-0.4, -0.2) is 30.0 Å². The number of amides is 1. The molecule has 0 aliphatic heterocycles. The van der Waals surface area contributed by atoms with E-state index in [2.05, 4.69) is 15.6 Å². The number of carbonyl (C=O) groups is 1. The lowest BCUT2D eigenvalue weighted by Crippen LogP contribution is -2.36. The van der Waals surface area contributed by atoms with Crippen molar-refractivity contribution < 1.29 is 9.21 Å². The SMILES string of the molecule is O=C(NCCNC1CCCCCC1)c1csc(-c2ccoc2)n1. The molecule has 2 aromatic heterocycles. The Morgan fingerprint density at radius 2 is 2.09 bits per heavy atom. The highest BCUT2D eigenvalue weighted by Gasteiger charge is 2.13. The summed E-state index contributed by atoms with van der Waals surface area (Å²) in [5, 5.41) is 9.08. The molecule has 1 fully saturated rings. The van der Waals surface area contributed by atoms with Gasteiger partial charge >= 0.3 is 0 Å². The summed E-state index contributed by atoms with van der Waals surface area (Å²) in [6.07, 6.45) is 11.1. The Balaban J connectivity index is 1.41. The van der Waals surface area contributed by atoms with Crippen LogP contribution in [0.15, 0.2) is 28.4 Å². The van der Waals surface area contributed by atoms with E-state index in [1.165, 1.54) is 49.9 Å². The van der Waals surface area contributed by atoms with E-state index >= 15 is 0 Å². The summed E-state index contributed by atoms with van der Waals surface area (Å²) in [6, 6.07) is 2.46. The number of hydrogen-bond donors (Lipinski definition) is 2. The molecule has 6 heteroatoms. The molecule has 1 aliphatic rings. The molecule has 1 saturated carbocycles. The van der Waals surface area contributed by atoms with E-state index in [0.29, 0.717) is 18.3 Å². The fourth-order valence-electron chi connectivity index (χ4n) is 2.92. The van der Waals surface area contributed by atoms with Crippen molar-refractivity contribution in [3.63, 3.8) is 0 Å². The molecule has 0 bridgehead atoms. The van der Waals surface area contributed by atoms with Gasteiger partial charge in [0.2, 0.25) is 0 Å². The quantitative estimate of drug-likeness (QED) is 0.628. The third-order valence-corrected chi connectivity index (χ3v) is 5.10. The zero-order valence-corrected chi connectivity index (χ0v) is 14.0. The van der Waals surface area contributed by atoms with Gasteiger partial charge in [0.25, 0.3) is 5.91 Å². The molecular weight excluding hydrogens is 310 g/mol. The number of carbonyl (C=O) groups excluding carboxylic acids is 1. The molecule has 0 unspecified atom stereocenters. The van der Waals surface area contributed by atoms with E-state index in [0.717, 1.165) is 17.1 Å². The van der Waals surface area contributed by atoms with Crippen molar-refractivity contribution >= 4 is 17.2 Å². The van der Waals surface area contributed by atoms with Crippen LogP contribution in [0, 0.1) is 0 Å². The van der Waals surface area contributed by atoms with E-state index < -0.39 is 0 Å². The minimum Gasteiger partial charge on any atom is -0.472 e. The van der Waals surface area contributed by atoms with Gasteiger partial charge in [-0.25, -0.2) is 4.98 Å². The molecule has 0 radical (unpaired) electrons. The zero-order chi connectivity index (χ0) is 15.9. The monoisotopic (exact) mass is 333 g/mol. The Labute approximate surface area is 140 Å². The van der Waals surface area contributed by atoms with Crippen molar-refractivity contribution in [2.24, 2.45) is 0 Å². The molecule has 124 valence electrons. The van der Waals surface area contributed by atoms with Crippen molar-refractivity contribution in [3.8, 4) is 10.6 Å². The number of aromatic nitrogens is 1. The molecular formula is C17H23N3O2S. The van der Waals surface area contributed by atoms with Gasteiger partial charge in [-0.1, -0.05) is 25.7 Å². The van der Waals surface area contributed by atoms with Gasteiger partial charge in [-0.2, -0.15) is 0 Å². The first kappa shape index (κ1) is 16.2. The summed E-state index contributed by atoms with van der Waals surface area (Å²) in [4.78, 5) is 16.5. The highest BCUT2D eigenvalue weighted by molar-refractivity contribution is 7.13. The molecule has 23 heavy (non-hydrogen) atoms. The van der Waals surface area contributed by atoms with Gasteiger partial charge < -0.3 is 15.1 Å². The molecule has 0 spiro atoms. The van der Waals surface area contributed by atoms with Crippen LogP contribution in [0.5, 0.6) is 0 Å². The molecule has 0 aromatic carbocycles. The lowest BCUT2D eigenvalue weighted by molar-refractivity contribution is 0.0949. The van der Waals surface area contributed by atoms with Crippen LogP contribution < -0.4 is 10.6 Å². The second kappa shape index (κ2) is 8.26. The highest BCUT2D eigenvalue weighted by atomic mass is 32.1. The third-order valence-electron chi connectivity index (χ3n) is 4.20. The fraction of sp³-hybridized carbons (Fsp3) is 0.529. The minimum atomic E-state index is -0.112. The van der Waals surface area contributed by atoms with Crippen molar-refractivity contribution in [1.29, 1.82) is 0 Å². The van der Waals surface area contributed by atoms with Crippen molar-refractivity contribution in [2.45, 2.75) is 44.6 Å². The summed E-state index contributed by atoms with van der Waals surface area (Å²) in [7, 11) is 0. The van der Waals surface area contributed by atoms with Crippen LogP contribution in [-0.2, 0) is 0 Å². The molecule has 5 nitrogen and oxygen atoms in total. The second-order valence-electron chi connectivity index (χ2n) is 5.95. The minimum absolute atomic E-state index is 0.112. The van der Waals surface area contributed by atoms with Gasteiger partial charge in [-0.3, -0.25) is 4.79 Å². The molecule has 2 aromatic rings. The number of rotatable bonds is 6. The first-order valence-corrected chi connectivity index (χ1v) is 9.20. The topological polar surface area (TPSA) is 67.2 Å². The van der Waals surface area contributed by atoms with Gasteiger partial charge in [-0.15, -0.1) is 11.3 Å².